The number of benzene rings is 3. The summed E-state index contributed by atoms with van der Waals surface area (Å²) in [6, 6.07) is 32.9. The third-order valence-corrected chi connectivity index (χ3v) is 12.8. The predicted octanol–water partition coefficient (Wildman–Crippen LogP) is 6.99. The topological polar surface area (TPSA) is 20.2 Å². The van der Waals surface area contributed by atoms with Crippen LogP contribution in [-0.4, -0.2) is 19.3 Å². The Balaban J connectivity index is 1.82. The molecule has 1 N–H and O–H groups in total. The molecular formula is C33H44OSi. The van der Waals surface area contributed by atoms with Crippen LogP contribution in [0.15, 0.2) is 104 Å². The minimum atomic E-state index is -2.47. The highest BCUT2D eigenvalue weighted by molar-refractivity contribution is 7.12. The molecule has 0 amide bonds. The summed E-state index contributed by atoms with van der Waals surface area (Å²) in [5.41, 5.74) is 0.193. The van der Waals surface area contributed by atoms with E-state index in [2.05, 4.69) is 111 Å². The molecule has 3 aromatic rings. The van der Waals surface area contributed by atoms with Gasteiger partial charge in [0.1, 0.15) is 0 Å². The Kier molecular flexibility index (Phi) is 11.5. The molecule has 0 saturated heterocycles. The summed E-state index contributed by atoms with van der Waals surface area (Å²) in [6.45, 7) is 6.59. The van der Waals surface area contributed by atoms with Gasteiger partial charge in [0.15, 0.2) is 8.07 Å². The van der Waals surface area contributed by atoms with Crippen molar-refractivity contribution in [1.29, 1.82) is 0 Å². The van der Waals surface area contributed by atoms with E-state index in [1.54, 1.807) is 0 Å². The van der Waals surface area contributed by atoms with E-state index in [0.29, 0.717) is 0 Å². The van der Waals surface area contributed by atoms with Crippen molar-refractivity contribution in [3.05, 3.63) is 104 Å². The highest BCUT2D eigenvalue weighted by Crippen LogP contribution is 2.30. The van der Waals surface area contributed by atoms with E-state index in [4.69, 9.17) is 0 Å². The monoisotopic (exact) mass is 484 g/mol. The van der Waals surface area contributed by atoms with Crippen molar-refractivity contribution >= 4 is 23.6 Å². The standard InChI is InChI=1S/C33H44OSi/c1-3-5-6-7-8-9-10-14-21-29(34)28-30(4-2)35(31-22-15-11-16-23-31,32-24-17-12-18-25-32)33-26-19-13-20-27-33/h4,11-13,15-20,22-27,29-30,34H,2-3,5-10,14,21,28H2,1H3. The van der Waals surface area contributed by atoms with Crippen LogP contribution in [0.4, 0.5) is 0 Å². The van der Waals surface area contributed by atoms with Crippen molar-refractivity contribution in [2.75, 3.05) is 0 Å². The van der Waals surface area contributed by atoms with Crippen molar-refractivity contribution in [2.24, 2.45) is 0 Å². The average molecular weight is 485 g/mol. The maximum atomic E-state index is 11.2. The SMILES string of the molecule is C=CC(CC(O)CCCCCCCCCC)[Si](c1ccccc1)(c1ccccc1)c1ccccc1. The van der Waals surface area contributed by atoms with Crippen LogP contribution in [0.25, 0.3) is 0 Å². The average Bonchev–Trinajstić information content (AvgIpc) is 2.92. The summed E-state index contributed by atoms with van der Waals surface area (Å²) in [7, 11) is -2.47. The van der Waals surface area contributed by atoms with E-state index in [1.165, 1.54) is 60.5 Å². The highest BCUT2D eigenvalue weighted by atomic mass is 28.3. The molecule has 0 radical (unpaired) electrons. The zero-order valence-electron chi connectivity index (χ0n) is 21.6. The Morgan fingerprint density at radius 2 is 1.06 bits per heavy atom. The van der Waals surface area contributed by atoms with E-state index in [-0.39, 0.29) is 11.6 Å². The van der Waals surface area contributed by atoms with Crippen molar-refractivity contribution in [3.8, 4) is 0 Å². The lowest BCUT2D eigenvalue weighted by atomic mass is 10.0. The van der Waals surface area contributed by atoms with Crippen LogP contribution < -0.4 is 15.6 Å². The lowest BCUT2D eigenvalue weighted by Crippen LogP contribution is -2.69. The first-order valence-electron chi connectivity index (χ1n) is 13.7. The van der Waals surface area contributed by atoms with Gasteiger partial charge in [-0.15, -0.1) is 6.58 Å². The summed E-state index contributed by atoms with van der Waals surface area (Å²) in [4.78, 5) is 0. The first-order chi connectivity index (χ1) is 17.2. The van der Waals surface area contributed by atoms with E-state index in [9.17, 15) is 5.11 Å². The minimum Gasteiger partial charge on any atom is -0.393 e. The van der Waals surface area contributed by atoms with Gasteiger partial charge in [0.25, 0.3) is 0 Å². The number of hydrogen-bond acceptors (Lipinski definition) is 1. The molecule has 0 fully saturated rings. The predicted molar refractivity (Wildman–Crippen MR) is 156 cm³/mol. The minimum absolute atomic E-state index is 0.193. The number of hydrogen-bond donors (Lipinski definition) is 1. The zero-order chi connectivity index (χ0) is 24.8. The van der Waals surface area contributed by atoms with Crippen LogP contribution in [-0.2, 0) is 0 Å². The third-order valence-electron chi connectivity index (χ3n) is 7.45. The lowest BCUT2D eigenvalue weighted by Gasteiger charge is -2.40. The van der Waals surface area contributed by atoms with Crippen molar-refractivity contribution in [1.82, 2.24) is 0 Å². The molecule has 3 aromatic carbocycles. The second-order valence-corrected chi connectivity index (χ2v) is 14.0. The summed E-state index contributed by atoms with van der Waals surface area (Å²) in [5.74, 6) is 0. The van der Waals surface area contributed by atoms with E-state index < -0.39 is 8.07 Å². The number of rotatable bonds is 16. The number of aliphatic hydroxyl groups is 1. The number of unbranched alkanes of at least 4 members (excludes halogenated alkanes) is 7. The fourth-order valence-corrected chi connectivity index (χ4v) is 11.0. The van der Waals surface area contributed by atoms with Crippen molar-refractivity contribution < 1.29 is 5.11 Å². The van der Waals surface area contributed by atoms with E-state index >= 15 is 0 Å². The quantitative estimate of drug-likeness (QED) is 0.100. The molecule has 0 spiro atoms. The number of aliphatic hydroxyl groups excluding tert-OH is 1. The van der Waals surface area contributed by atoms with Gasteiger partial charge in [0.2, 0.25) is 0 Å². The van der Waals surface area contributed by atoms with E-state index in [1.807, 2.05) is 0 Å². The fourth-order valence-electron chi connectivity index (χ4n) is 5.62. The molecule has 0 aliphatic rings. The molecule has 2 atom stereocenters. The third kappa shape index (κ3) is 7.29. The largest absolute Gasteiger partial charge is 0.393 e. The van der Waals surface area contributed by atoms with Gasteiger partial charge in [-0.2, -0.15) is 0 Å². The molecule has 0 aliphatic carbocycles. The van der Waals surface area contributed by atoms with Crippen molar-refractivity contribution in [2.45, 2.75) is 82.8 Å². The van der Waals surface area contributed by atoms with Gasteiger partial charge in [0, 0.05) is 0 Å². The normalized spacial score (nSPS) is 13.3. The maximum Gasteiger partial charge on any atom is 0.154 e. The molecule has 2 heteroatoms. The maximum absolute atomic E-state index is 11.2. The van der Waals surface area contributed by atoms with Crippen LogP contribution in [0, 0.1) is 0 Å². The molecule has 1 nitrogen and oxygen atoms in total. The van der Waals surface area contributed by atoms with Gasteiger partial charge < -0.3 is 5.11 Å². The van der Waals surface area contributed by atoms with Crippen LogP contribution in [0.3, 0.4) is 0 Å². The first-order valence-corrected chi connectivity index (χ1v) is 15.8. The molecule has 0 heterocycles. The molecule has 35 heavy (non-hydrogen) atoms. The van der Waals surface area contributed by atoms with Gasteiger partial charge in [0.05, 0.1) is 6.10 Å². The summed E-state index contributed by atoms with van der Waals surface area (Å²) in [5, 5.41) is 15.3. The molecule has 186 valence electrons. The molecule has 0 aromatic heterocycles. The first kappa shape index (κ1) is 27.2. The van der Waals surface area contributed by atoms with Crippen LogP contribution in [0.1, 0.15) is 71.1 Å². The van der Waals surface area contributed by atoms with Gasteiger partial charge in [-0.05, 0) is 33.9 Å². The van der Waals surface area contributed by atoms with Crippen molar-refractivity contribution in [3.63, 3.8) is 0 Å². The smallest absolute Gasteiger partial charge is 0.154 e. The van der Waals surface area contributed by atoms with Gasteiger partial charge in [-0.25, -0.2) is 0 Å². The Morgan fingerprint density at radius 1 is 0.657 bits per heavy atom. The molecule has 0 aliphatic heterocycles. The summed E-state index contributed by atoms with van der Waals surface area (Å²) < 4.78 is 0. The second-order valence-electron chi connectivity index (χ2n) is 9.90. The molecule has 3 rings (SSSR count). The van der Waals surface area contributed by atoms with Gasteiger partial charge in [-0.1, -0.05) is 155 Å². The number of allylic oxidation sites excluding steroid dienone is 1. The van der Waals surface area contributed by atoms with Crippen LogP contribution in [0.5, 0.6) is 0 Å². The summed E-state index contributed by atoms with van der Waals surface area (Å²) >= 11 is 0. The molecular weight excluding hydrogens is 440 g/mol. The van der Waals surface area contributed by atoms with Gasteiger partial charge >= 0.3 is 0 Å². The Bertz CT molecular complexity index is 857. The van der Waals surface area contributed by atoms with Crippen LogP contribution in [0.2, 0.25) is 5.54 Å². The molecule has 2 unspecified atom stereocenters. The Labute approximate surface area is 215 Å². The Morgan fingerprint density at radius 3 is 1.46 bits per heavy atom. The zero-order valence-corrected chi connectivity index (χ0v) is 22.6. The fraction of sp³-hybridized carbons (Fsp3) is 0.394. The molecule has 0 bridgehead atoms. The Hall–Kier alpha value is -2.42. The van der Waals surface area contributed by atoms with Crippen LogP contribution >= 0.6 is 0 Å². The molecule has 0 saturated carbocycles. The second kappa shape index (κ2) is 14.9. The van der Waals surface area contributed by atoms with Gasteiger partial charge in [-0.3, -0.25) is 0 Å². The highest BCUT2D eigenvalue weighted by Gasteiger charge is 2.45. The lowest BCUT2D eigenvalue weighted by molar-refractivity contribution is 0.151. The summed E-state index contributed by atoms with van der Waals surface area (Å²) in [6.07, 6.45) is 13.8. The van der Waals surface area contributed by atoms with E-state index in [0.717, 1.165) is 19.3 Å².